The van der Waals surface area contributed by atoms with Gasteiger partial charge in [-0.05, 0) is 38.5 Å². The molecule has 6 nitrogen and oxygen atoms in total. The molecular formula is C20H22ClN5OS. The third kappa shape index (κ3) is 3.59. The van der Waals surface area contributed by atoms with Crippen LogP contribution in [0.3, 0.4) is 0 Å². The molecule has 1 atom stereocenters. The molecule has 1 aliphatic heterocycles. The Hall–Kier alpha value is -2.51. The first-order valence-corrected chi connectivity index (χ1v) is 10.0. The van der Waals surface area contributed by atoms with Gasteiger partial charge >= 0.3 is 0 Å². The molecule has 3 N–H and O–H groups in total. The average molecular weight is 416 g/mol. The number of hydrogen-bond acceptors (Lipinski definition) is 5. The monoisotopic (exact) mass is 415 g/mol. The number of thiophene rings is 1. The molecule has 0 aliphatic carbocycles. The normalized spacial score (nSPS) is 16.3. The maximum atomic E-state index is 12.1. The first kappa shape index (κ1) is 20.2. The van der Waals surface area contributed by atoms with Crippen LogP contribution >= 0.6 is 22.9 Å². The highest BCUT2D eigenvalue weighted by Crippen LogP contribution is 2.40. The Morgan fingerprint density at radius 3 is 2.54 bits per heavy atom. The van der Waals surface area contributed by atoms with E-state index in [4.69, 9.17) is 27.4 Å². The second kappa shape index (κ2) is 7.85. The molecule has 1 aliphatic rings. The molecule has 28 heavy (non-hydrogen) atoms. The fourth-order valence-corrected chi connectivity index (χ4v) is 4.51. The Bertz CT molecular complexity index is 993. The van der Waals surface area contributed by atoms with E-state index in [1.807, 2.05) is 26.0 Å². The van der Waals surface area contributed by atoms with Crippen LogP contribution in [0, 0.1) is 24.7 Å². The smallest absolute Gasteiger partial charge is 0.222 e. The Labute approximate surface area is 173 Å². The second-order valence-electron chi connectivity index (χ2n) is 6.65. The highest BCUT2D eigenvalue weighted by Gasteiger charge is 2.34. The molecule has 3 rings (SSSR count). The van der Waals surface area contributed by atoms with Crippen molar-refractivity contribution in [3.8, 4) is 0 Å². The number of rotatable bonds is 3. The first-order chi connectivity index (χ1) is 13.2. The van der Waals surface area contributed by atoms with Gasteiger partial charge in [-0.2, -0.15) is 0 Å². The molecule has 1 aromatic heterocycles. The van der Waals surface area contributed by atoms with Crippen LogP contribution in [-0.4, -0.2) is 36.4 Å². The van der Waals surface area contributed by atoms with Crippen molar-refractivity contribution in [3.63, 3.8) is 0 Å². The van der Waals surface area contributed by atoms with Crippen LogP contribution in [0.15, 0.2) is 29.3 Å². The number of aliphatic imine (C=N–C) groups is 1. The number of halogens is 1. The molecular weight excluding hydrogens is 394 g/mol. The molecule has 0 radical (unpaired) electrons. The van der Waals surface area contributed by atoms with Crippen molar-refractivity contribution in [2.75, 3.05) is 11.9 Å². The van der Waals surface area contributed by atoms with E-state index in [2.05, 4.69) is 5.32 Å². The lowest BCUT2D eigenvalue weighted by Crippen LogP contribution is -2.41. The Kier molecular flexibility index (Phi) is 5.67. The fourth-order valence-electron chi connectivity index (χ4n) is 3.16. The van der Waals surface area contributed by atoms with Gasteiger partial charge in [0.2, 0.25) is 5.91 Å². The summed E-state index contributed by atoms with van der Waals surface area (Å²) in [6, 6.07) is 6.70. The zero-order valence-corrected chi connectivity index (χ0v) is 17.8. The number of carbonyl (C=O) groups excluding carboxylic acids is 1. The number of hydrogen-bond donors (Lipinski definition) is 3. The van der Waals surface area contributed by atoms with Gasteiger partial charge in [0.05, 0.1) is 12.1 Å². The summed E-state index contributed by atoms with van der Waals surface area (Å²) in [4.78, 5) is 19.6. The zero-order valence-electron chi connectivity index (χ0n) is 16.2. The van der Waals surface area contributed by atoms with Crippen LogP contribution in [0.2, 0.25) is 5.02 Å². The third-order valence-corrected chi connectivity index (χ3v) is 6.20. The van der Waals surface area contributed by atoms with Gasteiger partial charge in [-0.1, -0.05) is 23.7 Å². The van der Waals surface area contributed by atoms with Crippen molar-refractivity contribution < 1.29 is 4.79 Å². The quantitative estimate of drug-likeness (QED) is 0.518. The van der Waals surface area contributed by atoms with Crippen LogP contribution in [-0.2, 0) is 4.79 Å². The van der Waals surface area contributed by atoms with Crippen LogP contribution in [0.4, 0.5) is 5.00 Å². The van der Waals surface area contributed by atoms with Gasteiger partial charge < -0.3 is 5.32 Å². The number of amides is 1. The molecule has 0 saturated carbocycles. The Morgan fingerprint density at radius 2 is 1.96 bits per heavy atom. The summed E-state index contributed by atoms with van der Waals surface area (Å²) in [5.74, 6) is 0.152. The largest absolute Gasteiger partial charge is 0.359 e. The van der Waals surface area contributed by atoms with Gasteiger partial charge in [-0.25, -0.2) is 0 Å². The van der Waals surface area contributed by atoms with E-state index < -0.39 is 6.04 Å². The molecule has 2 heterocycles. The van der Waals surface area contributed by atoms with E-state index in [0.29, 0.717) is 5.02 Å². The number of aryl methyl sites for hydroxylation is 1. The van der Waals surface area contributed by atoms with Crippen molar-refractivity contribution in [3.05, 3.63) is 50.9 Å². The fraction of sp³-hybridized carbons (Fsp3) is 0.300. The molecule has 1 amide bonds. The van der Waals surface area contributed by atoms with Crippen LogP contribution < -0.4 is 10.2 Å². The number of nitrogens with one attached hydrogen (secondary N) is 3. The number of nitrogens with zero attached hydrogens (tertiary/aromatic N) is 2. The van der Waals surface area contributed by atoms with Gasteiger partial charge in [0.25, 0.3) is 0 Å². The predicted octanol–water partition coefficient (Wildman–Crippen LogP) is 4.15. The second-order valence-corrected chi connectivity index (χ2v) is 8.29. The summed E-state index contributed by atoms with van der Waals surface area (Å²) in [6.45, 7) is 5.69. The summed E-state index contributed by atoms with van der Waals surface area (Å²) in [5, 5.41) is 21.0. The predicted molar refractivity (Wildman–Crippen MR) is 117 cm³/mol. The number of amidine groups is 2. The lowest BCUT2D eigenvalue weighted by atomic mass is 9.99. The molecule has 8 heteroatoms. The third-order valence-electron chi connectivity index (χ3n) is 4.76. The number of anilines is 1. The minimum atomic E-state index is -0.690. The lowest BCUT2D eigenvalue weighted by molar-refractivity contribution is -0.120. The van der Waals surface area contributed by atoms with Crippen molar-refractivity contribution in [1.29, 1.82) is 10.8 Å². The van der Waals surface area contributed by atoms with E-state index in [1.165, 1.54) is 11.3 Å². The van der Waals surface area contributed by atoms with Gasteiger partial charge in [0, 0.05) is 28.1 Å². The number of fused-ring (bicyclic) bond motifs is 1. The molecule has 0 unspecified atom stereocenters. The molecule has 0 saturated heterocycles. The topological polar surface area (TPSA) is 92.4 Å². The maximum absolute atomic E-state index is 12.1. The molecule has 146 valence electrons. The van der Waals surface area contributed by atoms with Crippen LogP contribution in [0.25, 0.3) is 0 Å². The van der Waals surface area contributed by atoms with Crippen molar-refractivity contribution in [2.24, 2.45) is 4.99 Å². The summed E-state index contributed by atoms with van der Waals surface area (Å²) in [6.07, 6.45) is 0.0448. The van der Waals surface area contributed by atoms with E-state index in [1.54, 1.807) is 31.0 Å². The van der Waals surface area contributed by atoms with E-state index in [0.717, 1.165) is 32.3 Å². The van der Waals surface area contributed by atoms with Crippen LogP contribution in [0.1, 0.15) is 34.9 Å². The number of carbonyl (C=O) groups is 1. The maximum Gasteiger partial charge on any atom is 0.222 e. The zero-order chi connectivity index (χ0) is 20.6. The minimum absolute atomic E-state index is 0.0448. The SMILES string of the molecule is CNC(=O)C[C@@H]1N=C(c2ccc(Cl)cc2)c2c(sc(C)c2C)N(C(C)=N)C1=N. The van der Waals surface area contributed by atoms with Crippen molar-refractivity contribution in [2.45, 2.75) is 33.2 Å². The molecule has 1 aromatic carbocycles. The summed E-state index contributed by atoms with van der Waals surface area (Å²) < 4.78 is 0. The van der Waals surface area contributed by atoms with E-state index in [-0.39, 0.29) is 24.0 Å². The molecule has 0 fully saturated rings. The van der Waals surface area contributed by atoms with Crippen molar-refractivity contribution in [1.82, 2.24) is 5.32 Å². The van der Waals surface area contributed by atoms with Crippen LogP contribution in [0.5, 0.6) is 0 Å². The highest BCUT2D eigenvalue weighted by molar-refractivity contribution is 7.17. The molecule has 0 bridgehead atoms. The summed E-state index contributed by atoms with van der Waals surface area (Å²) in [5.41, 5.74) is 3.55. The van der Waals surface area contributed by atoms with Gasteiger partial charge in [-0.15, -0.1) is 11.3 Å². The van der Waals surface area contributed by atoms with E-state index >= 15 is 0 Å². The van der Waals surface area contributed by atoms with Gasteiger partial charge in [0.1, 0.15) is 22.7 Å². The first-order valence-electron chi connectivity index (χ1n) is 8.83. The summed E-state index contributed by atoms with van der Waals surface area (Å²) >= 11 is 7.60. The highest BCUT2D eigenvalue weighted by atomic mass is 35.5. The minimum Gasteiger partial charge on any atom is -0.359 e. The lowest BCUT2D eigenvalue weighted by Gasteiger charge is -2.24. The van der Waals surface area contributed by atoms with Gasteiger partial charge in [-0.3, -0.25) is 25.5 Å². The Morgan fingerprint density at radius 1 is 1.32 bits per heavy atom. The number of benzene rings is 1. The summed E-state index contributed by atoms with van der Waals surface area (Å²) in [7, 11) is 1.57. The Balaban J connectivity index is 2.28. The molecule has 2 aromatic rings. The molecule has 0 spiro atoms. The standard InChI is InChI=1S/C20H22ClN5OS/c1-10-11(2)28-20-17(10)18(13-5-7-14(21)8-6-13)25-15(9-16(27)24-4)19(23)26(20)12(3)22/h5-8,15,22-23H,9H2,1-4H3,(H,24,27)/t15-/m0/s1. The van der Waals surface area contributed by atoms with E-state index in [9.17, 15) is 4.79 Å². The average Bonchev–Trinajstić information content (AvgIpc) is 2.86. The van der Waals surface area contributed by atoms with Crippen molar-refractivity contribution >= 4 is 51.2 Å². The van der Waals surface area contributed by atoms with Gasteiger partial charge in [0.15, 0.2) is 0 Å².